The molecule has 0 radical (unpaired) electrons. The van der Waals surface area contributed by atoms with Crippen molar-refractivity contribution in [3.8, 4) is 27.9 Å². The van der Waals surface area contributed by atoms with Gasteiger partial charge in [-0.05, 0) is 102 Å². The van der Waals surface area contributed by atoms with E-state index in [0.29, 0.717) is 0 Å². The molecule has 1 nitrogen and oxygen atoms in total. The molecule has 0 fully saturated rings. The van der Waals surface area contributed by atoms with Gasteiger partial charge in [0.05, 0.1) is 15.9 Å². The van der Waals surface area contributed by atoms with Crippen molar-refractivity contribution in [1.29, 1.82) is 0 Å². The third-order valence-corrected chi connectivity index (χ3v) is 14.6. The van der Waals surface area contributed by atoms with Crippen molar-refractivity contribution in [1.82, 2.24) is 4.57 Å². The highest BCUT2D eigenvalue weighted by molar-refractivity contribution is 8.05. The van der Waals surface area contributed by atoms with Crippen LogP contribution in [0, 0.1) is 0 Å². The number of rotatable bonds is 2. The molecule has 54 heavy (non-hydrogen) atoms. The lowest BCUT2D eigenvalue weighted by atomic mass is 9.81. The monoisotopic (exact) mass is 723 g/mol. The van der Waals surface area contributed by atoms with Crippen LogP contribution in [0.1, 0.15) is 25.0 Å². The zero-order valence-electron chi connectivity index (χ0n) is 29.9. The van der Waals surface area contributed by atoms with Gasteiger partial charge in [0.15, 0.2) is 0 Å². The van der Waals surface area contributed by atoms with Gasteiger partial charge in [0.25, 0.3) is 0 Å². The summed E-state index contributed by atoms with van der Waals surface area (Å²) in [5.41, 5.74) is 11.6. The summed E-state index contributed by atoms with van der Waals surface area (Å²) in [6.45, 7) is 4.82. The summed E-state index contributed by atoms with van der Waals surface area (Å²) < 4.78 is 2.62. The third-order valence-electron chi connectivity index (χ3n) is 12.0. The van der Waals surface area contributed by atoms with E-state index >= 15 is 0 Å². The molecule has 0 unspecified atom stereocenters. The summed E-state index contributed by atoms with van der Waals surface area (Å²) >= 11 is 3.81. The van der Waals surface area contributed by atoms with Crippen LogP contribution in [-0.2, 0) is 5.41 Å². The molecule has 2 aliphatic rings. The fourth-order valence-corrected chi connectivity index (χ4v) is 12.0. The van der Waals surface area contributed by atoms with Crippen LogP contribution in [0.4, 0.5) is 0 Å². The molecule has 1 aliphatic heterocycles. The summed E-state index contributed by atoms with van der Waals surface area (Å²) in [5, 5.41) is 10.4. The second kappa shape index (κ2) is 11.1. The largest absolute Gasteiger partial charge is 0.308 e. The number of nitrogens with zero attached hydrogens (tertiary/aromatic N) is 1. The zero-order valence-corrected chi connectivity index (χ0v) is 31.5. The molecule has 1 aromatic heterocycles. The Labute approximate surface area is 322 Å². The molecule has 0 saturated carbocycles. The van der Waals surface area contributed by atoms with Crippen molar-refractivity contribution >= 4 is 77.6 Å². The lowest BCUT2D eigenvalue weighted by Gasteiger charge is -2.24. The van der Waals surface area contributed by atoms with E-state index in [1.807, 2.05) is 23.5 Å². The quantitative estimate of drug-likeness (QED) is 0.164. The molecule has 0 amide bonds. The van der Waals surface area contributed by atoms with Gasteiger partial charge < -0.3 is 4.57 Å². The topological polar surface area (TPSA) is 4.93 Å². The number of hydrogen-bond acceptors (Lipinski definition) is 2. The standard InChI is InChI=1S/C51H33NS2/c1-51(2)43-19-8-7-18-38(43)39-24-25-40-41-26-27-46-50(54-45-21-10-9-20-44(45)53-46)49(41)52(48(40)47(39)51)32-13-11-12-30(28-32)31-22-23-37-35-16-4-3-14-33(35)34-15-5-6-17-36(34)42(37)29-31/h3-29H,1-2H3. The molecule has 0 N–H and O–H groups in total. The maximum Gasteiger partial charge on any atom is 0.0692 e. The van der Waals surface area contributed by atoms with Crippen molar-refractivity contribution in [2.75, 3.05) is 0 Å². The molecule has 0 saturated heterocycles. The maximum atomic E-state index is 2.62. The van der Waals surface area contributed by atoms with Crippen LogP contribution in [0.2, 0.25) is 0 Å². The molecular weight excluding hydrogens is 691 g/mol. The Morgan fingerprint density at radius 1 is 0.407 bits per heavy atom. The summed E-state index contributed by atoms with van der Waals surface area (Å²) in [6.07, 6.45) is 0. The lowest BCUT2D eigenvalue weighted by Crippen LogP contribution is -2.16. The van der Waals surface area contributed by atoms with Crippen LogP contribution in [0.3, 0.4) is 0 Å². The summed E-state index contributed by atoms with van der Waals surface area (Å²) in [5.74, 6) is 0. The smallest absolute Gasteiger partial charge is 0.0692 e. The molecule has 9 aromatic carbocycles. The van der Waals surface area contributed by atoms with E-state index < -0.39 is 0 Å². The molecule has 1 aliphatic carbocycles. The highest BCUT2D eigenvalue weighted by Crippen LogP contribution is 2.56. The second-order valence-electron chi connectivity index (χ2n) is 15.2. The molecule has 3 heteroatoms. The summed E-state index contributed by atoms with van der Waals surface area (Å²) in [6, 6.07) is 61.4. The lowest BCUT2D eigenvalue weighted by molar-refractivity contribution is 0.664. The Morgan fingerprint density at radius 3 is 1.78 bits per heavy atom. The molecule has 10 aromatic rings. The maximum absolute atomic E-state index is 2.62. The molecule has 0 atom stereocenters. The minimum absolute atomic E-state index is 0.161. The predicted octanol–water partition coefficient (Wildman–Crippen LogP) is 14.8. The minimum Gasteiger partial charge on any atom is -0.308 e. The zero-order chi connectivity index (χ0) is 35.7. The van der Waals surface area contributed by atoms with Gasteiger partial charge in [-0.1, -0.05) is 165 Å². The van der Waals surface area contributed by atoms with Crippen molar-refractivity contribution in [2.45, 2.75) is 38.8 Å². The van der Waals surface area contributed by atoms with Gasteiger partial charge in [-0.25, -0.2) is 0 Å². The fourth-order valence-electron chi connectivity index (χ4n) is 9.60. The SMILES string of the molecule is CC1(C)c2ccccc2-c2ccc3c4ccc5c(c4n(-c4cccc(-c6ccc7c8ccccc8c8ccccc8c7c6)c4)c3c21)Sc1ccccc1S5. The van der Waals surface area contributed by atoms with Gasteiger partial charge in [0, 0.05) is 36.6 Å². The van der Waals surface area contributed by atoms with Gasteiger partial charge in [0.2, 0.25) is 0 Å². The highest BCUT2D eigenvalue weighted by atomic mass is 32.2. The molecular formula is C51H33NS2. The number of aromatic nitrogens is 1. The molecule has 0 bridgehead atoms. The Balaban J connectivity index is 1.15. The van der Waals surface area contributed by atoms with E-state index in [0.717, 1.165) is 0 Å². The Morgan fingerprint density at radius 2 is 1.00 bits per heavy atom. The molecule has 2 heterocycles. The number of benzene rings is 9. The van der Waals surface area contributed by atoms with Crippen LogP contribution in [0.5, 0.6) is 0 Å². The average molecular weight is 724 g/mol. The van der Waals surface area contributed by atoms with Gasteiger partial charge in [-0.3, -0.25) is 0 Å². The van der Waals surface area contributed by atoms with Crippen LogP contribution >= 0.6 is 23.5 Å². The van der Waals surface area contributed by atoms with E-state index in [-0.39, 0.29) is 5.41 Å². The van der Waals surface area contributed by atoms with Crippen molar-refractivity contribution in [3.63, 3.8) is 0 Å². The number of fused-ring (bicyclic) bond motifs is 16. The van der Waals surface area contributed by atoms with Crippen molar-refractivity contribution in [2.24, 2.45) is 0 Å². The van der Waals surface area contributed by atoms with Gasteiger partial charge >= 0.3 is 0 Å². The van der Waals surface area contributed by atoms with E-state index in [2.05, 4.69) is 182 Å². The van der Waals surface area contributed by atoms with Gasteiger partial charge in [-0.15, -0.1) is 0 Å². The van der Waals surface area contributed by atoms with Crippen molar-refractivity contribution in [3.05, 3.63) is 175 Å². The highest BCUT2D eigenvalue weighted by Gasteiger charge is 2.39. The van der Waals surface area contributed by atoms with Gasteiger partial charge in [0.1, 0.15) is 0 Å². The molecule has 0 spiro atoms. The Bertz CT molecular complexity index is 3220. The fraction of sp³-hybridized carbons (Fsp3) is 0.0588. The van der Waals surface area contributed by atoms with E-state index in [9.17, 15) is 0 Å². The van der Waals surface area contributed by atoms with Crippen LogP contribution in [0.15, 0.2) is 183 Å². The van der Waals surface area contributed by atoms with Gasteiger partial charge in [-0.2, -0.15) is 0 Å². The molecule has 12 rings (SSSR count). The Kier molecular flexibility index (Phi) is 6.33. The first-order valence-corrected chi connectivity index (χ1v) is 20.3. The Hall–Kier alpha value is -5.74. The van der Waals surface area contributed by atoms with Crippen LogP contribution in [0.25, 0.3) is 82.1 Å². The molecule has 254 valence electrons. The van der Waals surface area contributed by atoms with E-state index in [4.69, 9.17) is 0 Å². The normalized spacial score (nSPS) is 14.1. The average Bonchev–Trinajstić information content (AvgIpc) is 3.69. The van der Waals surface area contributed by atoms with Crippen molar-refractivity contribution < 1.29 is 0 Å². The van der Waals surface area contributed by atoms with E-state index in [1.165, 1.54) is 113 Å². The second-order valence-corrected chi connectivity index (χ2v) is 17.4. The first-order valence-electron chi connectivity index (χ1n) is 18.7. The van der Waals surface area contributed by atoms with Crippen LogP contribution < -0.4 is 0 Å². The number of hydrogen-bond donors (Lipinski definition) is 0. The van der Waals surface area contributed by atoms with Crippen LogP contribution in [-0.4, -0.2) is 4.57 Å². The van der Waals surface area contributed by atoms with E-state index in [1.54, 1.807) is 0 Å². The first kappa shape index (κ1) is 30.7. The third kappa shape index (κ3) is 4.14. The first-order chi connectivity index (χ1) is 26.5. The predicted molar refractivity (Wildman–Crippen MR) is 231 cm³/mol. The summed E-state index contributed by atoms with van der Waals surface area (Å²) in [7, 11) is 0. The summed E-state index contributed by atoms with van der Waals surface area (Å²) in [4.78, 5) is 5.30. The minimum atomic E-state index is -0.161.